The van der Waals surface area contributed by atoms with Crippen LogP contribution in [0.3, 0.4) is 0 Å². The summed E-state index contributed by atoms with van der Waals surface area (Å²) in [6.07, 6.45) is 9.71. The number of nitrogens with one attached hydrogen (secondary N) is 1. The summed E-state index contributed by atoms with van der Waals surface area (Å²) in [5, 5.41) is 7.06. The third kappa shape index (κ3) is 3.02. The van der Waals surface area contributed by atoms with Crippen LogP contribution in [0.25, 0.3) is 0 Å². The van der Waals surface area contributed by atoms with Crippen LogP contribution in [0.2, 0.25) is 0 Å². The smallest absolute Gasteiger partial charge is 0.230 e. The number of allylic oxidation sites excluding steroid dienone is 1. The van der Waals surface area contributed by atoms with Crippen LogP contribution in [0.15, 0.2) is 17.8 Å². The summed E-state index contributed by atoms with van der Waals surface area (Å²) in [6, 6.07) is 0. The van der Waals surface area contributed by atoms with Gasteiger partial charge in [-0.1, -0.05) is 6.08 Å². The molecule has 2 heterocycles. The van der Waals surface area contributed by atoms with Crippen molar-refractivity contribution in [1.29, 1.82) is 0 Å². The quantitative estimate of drug-likeness (QED) is 0.848. The van der Waals surface area contributed by atoms with E-state index < -0.39 is 0 Å². The van der Waals surface area contributed by atoms with Crippen molar-refractivity contribution in [2.24, 2.45) is 0 Å². The Morgan fingerprint density at radius 2 is 2.38 bits per heavy atom. The van der Waals surface area contributed by atoms with Crippen molar-refractivity contribution in [1.82, 2.24) is 10.2 Å². The molecule has 5 nitrogen and oxygen atoms in total. The number of hydrogen-bond acceptors (Lipinski definition) is 3. The maximum Gasteiger partial charge on any atom is 0.230 e. The van der Waals surface area contributed by atoms with Gasteiger partial charge in [-0.25, -0.2) is 0 Å². The molecule has 0 saturated carbocycles. The van der Waals surface area contributed by atoms with Crippen LogP contribution >= 0.6 is 0 Å². The van der Waals surface area contributed by atoms with E-state index in [1.165, 1.54) is 12.0 Å². The molecule has 0 radical (unpaired) electrons. The largest absolute Gasteiger partial charge is 0.374 e. The Labute approximate surface area is 125 Å². The van der Waals surface area contributed by atoms with Crippen molar-refractivity contribution in [2.75, 3.05) is 18.1 Å². The molecule has 1 aromatic heterocycles. The van der Waals surface area contributed by atoms with Crippen LogP contribution in [0.5, 0.6) is 0 Å². The molecule has 1 aliphatic heterocycles. The lowest BCUT2D eigenvalue weighted by Crippen LogP contribution is -2.37. The average Bonchev–Trinajstić information content (AvgIpc) is 3.17. The molecule has 1 N–H and O–H groups in total. The molecule has 0 aromatic carbocycles. The van der Waals surface area contributed by atoms with Crippen molar-refractivity contribution in [3.8, 4) is 0 Å². The average molecular weight is 289 g/mol. The number of amides is 1. The third-order valence-corrected chi connectivity index (χ3v) is 4.31. The van der Waals surface area contributed by atoms with E-state index in [2.05, 4.69) is 16.3 Å². The van der Waals surface area contributed by atoms with Gasteiger partial charge >= 0.3 is 0 Å². The molecule has 1 atom stereocenters. The summed E-state index contributed by atoms with van der Waals surface area (Å²) >= 11 is 0. The van der Waals surface area contributed by atoms with Crippen molar-refractivity contribution >= 4 is 11.6 Å². The number of ether oxygens (including phenoxy) is 1. The van der Waals surface area contributed by atoms with Gasteiger partial charge in [-0.15, -0.1) is 0 Å². The van der Waals surface area contributed by atoms with Gasteiger partial charge in [0.2, 0.25) is 5.91 Å². The number of aromatic amines is 1. The fraction of sp³-hybridized carbons (Fsp3) is 0.625. The van der Waals surface area contributed by atoms with Crippen molar-refractivity contribution in [2.45, 2.75) is 51.6 Å². The van der Waals surface area contributed by atoms with Crippen LogP contribution in [0.4, 0.5) is 5.69 Å². The van der Waals surface area contributed by atoms with E-state index in [1.807, 2.05) is 11.8 Å². The Kier molecular flexibility index (Phi) is 4.39. The second-order valence-corrected chi connectivity index (χ2v) is 5.70. The molecule has 0 bridgehead atoms. The summed E-state index contributed by atoms with van der Waals surface area (Å²) < 4.78 is 5.82. The number of anilines is 1. The molecule has 5 heteroatoms. The van der Waals surface area contributed by atoms with E-state index in [0.29, 0.717) is 13.0 Å². The summed E-state index contributed by atoms with van der Waals surface area (Å²) in [6.45, 7) is 3.41. The summed E-state index contributed by atoms with van der Waals surface area (Å²) in [5.74, 6) is 0.142. The van der Waals surface area contributed by atoms with Gasteiger partial charge in [-0.2, -0.15) is 5.10 Å². The van der Waals surface area contributed by atoms with E-state index in [9.17, 15) is 4.79 Å². The number of aromatic nitrogens is 2. The van der Waals surface area contributed by atoms with Crippen LogP contribution < -0.4 is 4.90 Å². The molecule has 21 heavy (non-hydrogen) atoms. The SMILES string of the molecule is CCOC(CC(=O)N1CCCc2[nH]ncc21)C1=CCCC1. The van der Waals surface area contributed by atoms with Gasteiger partial charge in [0.1, 0.15) is 0 Å². The molecule has 0 fully saturated rings. The molecule has 3 rings (SSSR count). The predicted octanol–water partition coefficient (Wildman–Crippen LogP) is 2.59. The standard InChI is InChI=1S/C16H23N3O2/c1-2-21-15(12-6-3-4-7-12)10-16(20)19-9-5-8-13-14(19)11-17-18-13/h6,11,15H,2-5,7-10H2,1H3,(H,17,18). The fourth-order valence-electron chi connectivity index (χ4n) is 3.27. The Hall–Kier alpha value is -1.62. The van der Waals surface area contributed by atoms with Crippen molar-refractivity contribution in [3.05, 3.63) is 23.5 Å². The molecular formula is C16H23N3O2. The number of carbonyl (C=O) groups excluding carboxylic acids is 1. The zero-order valence-electron chi connectivity index (χ0n) is 12.6. The number of rotatable bonds is 5. The minimum atomic E-state index is -0.0534. The van der Waals surface area contributed by atoms with Gasteiger partial charge < -0.3 is 9.64 Å². The number of H-pyrrole nitrogens is 1. The first-order valence-corrected chi connectivity index (χ1v) is 7.92. The van der Waals surface area contributed by atoms with E-state index in [-0.39, 0.29) is 12.0 Å². The predicted molar refractivity (Wildman–Crippen MR) is 81.2 cm³/mol. The Bertz CT molecular complexity index is 535. The lowest BCUT2D eigenvalue weighted by molar-refractivity contribution is -0.120. The number of nitrogens with zero attached hydrogens (tertiary/aromatic N) is 2. The van der Waals surface area contributed by atoms with Crippen LogP contribution in [-0.4, -0.2) is 35.4 Å². The Morgan fingerprint density at radius 3 is 3.14 bits per heavy atom. The van der Waals surface area contributed by atoms with Crippen molar-refractivity contribution < 1.29 is 9.53 Å². The zero-order chi connectivity index (χ0) is 14.7. The van der Waals surface area contributed by atoms with E-state index >= 15 is 0 Å². The first kappa shape index (κ1) is 14.3. The summed E-state index contributed by atoms with van der Waals surface area (Å²) in [7, 11) is 0. The van der Waals surface area contributed by atoms with Crippen LogP contribution in [0.1, 0.15) is 44.7 Å². The van der Waals surface area contributed by atoms with Crippen molar-refractivity contribution in [3.63, 3.8) is 0 Å². The zero-order valence-corrected chi connectivity index (χ0v) is 12.6. The number of carbonyl (C=O) groups is 1. The molecule has 1 unspecified atom stereocenters. The molecular weight excluding hydrogens is 266 g/mol. The van der Waals surface area contributed by atoms with E-state index in [1.54, 1.807) is 6.20 Å². The highest BCUT2D eigenvalue weighted by molar-refractivity contribution is 5.94. The second-order valence-electron chi connectivity index (χ2n) is 5.70. The number of aryl methyl sites for hydroxylation is 1. The lowest BCUT2D eigenvalue weighted by atomic mass is 10.0. The molecule has 1 aromatic rings. The first-order valence-electron chi connectivity index (χ1n) is 7.92. The van der Waals surface area contributed by atoms with E-state index in [4.69, 9.17) is 4.74 Å². The summed E-state index contributed by atoms with van der Waals surface area (Å²) in [5.41, 5.74) is 3.32. The Balaban J connectivity index is 1.70. The highest BCUT2D eigenvalue weighted by Crippen LogP contribution is 2.28. The first-order chi connectivity index (χ1) is 10.3. The van der Waals surface area contributed by atoms with Crippen LogP contribution in [-0.2, 0) is 16.0 Å². The molecule has 1 aliphatic carbocycles. The fourth-order valence-corrected chi connectivity index (χ4v) is 3.27. The second kappa shape index (κ2) is 6.43. The third-order valence-electron chi connectivity index (χ3n) is 4.31. The highest BCUT2D eigenvalue weighted by atomic mass is 16.5. The van der Waals surface area contributed by atoms with Gasteiger partial charge in [-0.05, 0) is 44.6 Å². The van der Waals surface area contributed by atoms with Crippen LogP contribution in [0, 0.1) is 0 Å². The van der Waals surface area contributed by atoms with Gasteiger partial charge in [0.15, 0.2) is 0 Å². The summed E-state index contributed by atoms with van der Waals surface area (Å²) in [4.78, 5) is 14.5. The van der Waals surface area contributed by atoms with Gasteiger partial charge in [-0.3, -0.25) is 9.89 Å². The Morgan fingerprint density at radius 1 is 1.48 bits per heavy atom. The van der Waals surface area contributed by atoms with Gasteiger partial charge in [0.25, 0.3) is 0 Å². The normalized spacial score (nSPS) is 19.3. The molecule has 0 saturated heterocycles. The minimum Gasteiger partial charge on any atom is -0.374 e. The number of hydrogen-bond donors (Lipinski definition) is 1. The topological polar surface area (TPSA) is 58.2 Å². The molecule has 2 aliphatic rings. The minimum absolute atomic E-state index is 0.0534. The van der Waals surface area contributed by atoms with Gasteiger partial charge in [0, 0.05) is 13.2 Å². The van der Waals surface area contributed by atoms with E-state index in [0.717, 1.165) is 43.6 Å². The maximum atomic E-state index is 12.7. The maximum absolute atomic E-state index is 12.7. The molecule has 1 amide bonds. The number of fused-ring (bicyclic) bond motifs is 1. The highest BCUT2D eigenvalue weighted by Gasteiger charge is 2.28. The monoisotopic (exact) mass is 289 g/mol. The lowest BCUT2D eigenvalue weighted by Gasteiger charge is -2.28. The van der Waals surface area contributed by atoms with Gasteiger partial charge in [0.05, 0.1) is 30.1 Å². The molecule has 0 spiro atoms. The molecule has 114 valence electrons.